The van der Waals surface area contributed by atoms with Gasteiger partial charge in [0.15, 0.2) is 5.60 Å². The third kappa shape index (κ3) is 2.72. The van der Waals surface area contributed by atoms with E-state index in [4.69, 9.17) is 4.74 Å². The van der Waals surface area contributed by atoms with Gasteiger partial charge in [-0.1, -0.05) is 109 Å². The van der Waals surface area contributed by atoms with E-state index >= 15 is 0 Å². The van der Waals surface area contributed by atoms with Gasteiger partial charge in [0.05, 0.1) is 0 Å². The van der Waals surface area contributed by atoms with Gasteiger partial charge in [-0.25, -0.2) is 0 Å². The van der Waals surface area contributed by atoms with Crippen molar-refractivity contribution in [2.24, 2.45) is 0 Å². The van der Waals surface area contributed by atoms with Gasteiger partial charge in [-0.05, 0) is 46.2 Å². The molecule has 1 nitrogen and oxygen atoms in total. The zero-order valence-electron chi connectivity index (χ0n) is 18.2. The van der Waals surface area contributed by atoms with Crippen molar-refractivity contribution in [2.45, 2.75) is 12.0 Å². The van der Waals surface area contributed by atoms with Crippen LogP contribution in [0.4, 0.5) is 0 Å². The van der Waals surface area contributed by atoms with E-state index in [0.717, 1.165) is 28.9 Å². The first kappa shape index (κ1) is 18.5. The Morgan fingerprint density at radius 2 is 1.30 bits per heavy atom. The molecule has 0 atom stereocenters. The molecule has 5 aromatic rings. The zero-order chi connectivity index (χ0) is 21.8. The van der Waals surface area contributed by atoms with Gasteiger partial charge in [-0.15, -0.1) is 0 Å². The van der Waals surface area contributed by atoms with E-state index in [2.05, 4.69) is 121 Å². The number of ether oxygens (including phenoxy) is 1. The Hall–Kier alpha value is -4.10. The lowest BCUT2D eigenvalue weighted by molar-refractivity contribution is 0.163. The molecule has 1 heteroatoms. The fourth-order valence-corrected chi connectivity index (χ4v) is 5.44. The topological polar surface area (TPSA) is 9.23 Å². The van der Waals surface area contributed by atoms with Crippen LogP contribution in [0, 0.1) is 0 Å². The van der Waals surface area contributed by atoms with Crippen LogP contribution in [0.3, 0.4) is 0 Å². The van der Waals surface area contributed by atoms with Crippen LogP contribution in [0.25, 0.3) is 28.0 Å². The Bertz CT molecular complexity index is 1510. The van der Waals surface area contributed by atoms with E-state index in [0.29, 0.717) is 0 Å². The van der Waals surface area contributed by atoms with Crippen LogP contribution < -0.4 is 4.74 Å². The summed E-state index contributed by atoms with van der Waals surface area (Å²) in [5.74, 6) is 0.954. The highest BCUT2D eigenvalue weighted by Crippen LogP contribution is 2.47. The van der Waals surface area contributed by atoms with E-state index in [9.17, 15) is 0 Å². The van der Waals surface area contributed by atoms with Gasteiger partial charge in [0, 0.05) is 22.1 Å². The maximum Gasteiger partial charge on any atom is 0.178 e. The number of fused-ring (bicyclic) bond motifs is 6. The fourth-order valence-electron chi connectivity index (χ4n) is 5.44. The van der Waals surface area contributed by atoms with Crippen molar-refractivity contribution in [3.05, 3.63) is 143 Å². The normalized spacial score (nSPS) is 14.9. The van der Waals surface area contributed by atoms with Crippen LogP contribution in [0.2, 0.25) is 0 Å². The Balaban J connectivity index is 1.47. The highest BCUT2D eigenvalue weighted by Gasteiger charge is 2.37. The molecule has 0 N–H and O–H groups in total. The zero-order valence-corrected chi connectivity index (χ0v) is 18.2. The first-order valence-corrected chi connectivity index (χ1v) is 11.5. The van der Waals surface area contributed by atoms with Crippen molar-refractivity contribution in [3.63, 3.8) is 0 Å². The summed E-state index contributed by atoms with van der Waals surface area (Å²) in [5, 5.41) is 2.40. The predicted molar refractivity (Wildman–Crippen MR) is 136 cm³/mol. The first-order chi connectivity index (χ1) is 16.3. The van der Waals surface area contributed by atoms with Crippen molar-refractivity contribution in [1.82, 2.24) is 0 Å². The summed E-state index contributed by atoms with van der Waals surface area (Å²) in [4.78, 5) is 0. The molecular weight excluding hydrogens is 400 g/mol. The second-order valence-corrected chi connectivity index (χ2v) is 8.95. The van der Waals surface area contributed by atoms with Crippen LogP contribution in [-0.2, 0) is 12.0 Å². The van der Waals surface area contributed by atoms with E-state index in [-0.39, 0.29) is 0 Å². The summed E-state index contributed by atoms with van der Waals surface area (Å²) < 4.78 is 7.07. The Morgan fingerprint density at radius 1 is 0.606 bits per heavy atom. The monoisotopic (exact) mass is 422 g/mol. The molecule has 156 valence electrons. The summed E-state index contributed by atoms with van der Waals surface area (Å²) in [7, 11) is 0. The van der Waals surface area contributed by atoms with Gasteiger partial charge in [0.2, 0.25) is 0 Å². The van der Waals surface area contributed by atoms with Crippen LogP contribution in [0.15, 0.2) is 115 Å². The van der Waals surface area contributed by atoms with E-state index in [1.807, 2.05) is 0 Å². The van der Waals surface area contributed by atoms with Crippen molar-refractivity contribution < 1.29 is 4.74 Å². The number of rotatable bonds is 2. The van der Waals surface area contributed by atoms with E-state index < -0.39 is 5.60 Å². The molecule has 1 aliphatic carbocycles. The van der Waals surface area contributed by atoms with Crippen LogP contribution in [0.5, 0.6) is 5.75 Å². The molecule has 0 fully saturated rings. The van der Waals surface area contributed by atoms with Gasteiger partial charge in [-0.2, -0.15) is 0 Å². The molecule has 2 aliphatic rings. The molecule has 33 heavy (non-hydrogen) atoms. The molecule has 0 saturated heterocycles. The van der Waals surface area contributed by atoms with Crippen LogP contribution >= 0.6 is 0 Å². The lowest BCUT2D eigenvalue weighted by atomic mass is 9.83. The van der Waals surface area contributed by atoms with Crippen molar-refractivity contribution >= 4 is 16.8 Å². The maximum absolute atomic E-state index is 7.07. The minimum absolute atomic E-state index is 0.666. The average Bonchev–Trinajstić information content (AvgIpc) is 3.25. The lowest BCUT2D eigenvalue weighted by Gasteiger charge is -2.36. The third-order valence-corrected chi connectivity index (χ3v) is 7.08. The molecule has 7 rings (SSSR count). The van der Waals surface area contributed by atoms with Gasteiger partial charge in [-0.3, -0.25) is 0 Å². The second kappa shape index (κ2) is 6.95. The second-order valence-electron chi connectivity index (χ2n) is 8.95. The Morgan fingerprint density at radius 3 is 2.06 bits per heavy atom. The fraction of sp³-hybridized carbons (Fsp3) is 0.0625. The number of benzene rings is 5. The molecule has 1 heterocycles. The first-order valence-electron chi connectivity index (χ1n) is 11.5. The minimum atomic E-state index is -0.666. The molecular formula is C32H22O. The summed E-state index contributed by atoms with van der Waals surface area (Å²) >= 11 is 0. The van der Waals surface area contributed by atoms with Gasteiger partial charge >= 0.3 is 0 Å². The Kier molecular flexibility index (Phi) is 3.89. The molecule has 0 aromatic heterocycles. The highest BCUT2D eigenvalue weighted by molar-refractivity contribution is 5.98. The minimum Gasteiger partial charge on any atom is -0.472 e. The molecule has 0 radical (unpaired) electrons. The van der Waals surface area contributed by atoms with Gasteiger partial charge in [0.25, 0.3) is 0 Å². The summed E-state index contributed by atoms with van der Waals surface area (Å²) in [5.41, 5.74) is 8.18. The number of hydrogen-bond acceptors (Lipinski definition) is 1. The molecule has 0 unspecified atom stereocenters. The summed E-state index contributed by atoms with van der Waals surface area (Å²) in [6, 6.07) is 38.9. The quantitative estimate of drug-likeness (QED) is 0.277. The molecule has 1 aliphatic heterocycles. The number of hydrogen-bond donors (Lipinski definition) is 0. The van der Waals surface area contributed by atoms with Crippen molar-refractivity contribution in [3.8, 4) is 16.9 Å². The SMILES string of the molecule is C1=CC(c2ccccc2)(c2ccccc2)Oc2c1ccc1cc3c(cc21)-c1ccccc1C3. The molecule has 0 amide bonds. The standard InChI is InChI=1S/C32H22O/c1-3-10-26(11-4-1)32(27-12-5-2-6-13-27)18-17-22-15-16-24-20-25-19-23-9-7-8-14-28(23)29(25)21-30(24)31(22)33-32/h1-18,20-21H,19H2. The van der Waals surface area contributed by atoms with E-state index in [1.54, 1.807) is 0 Å². The van der Waals surface area contributed by atoms with E-state index in [1.165, 1.54) is 33.0 Å². The predicted octanol–water partition coefficient (Wildman–Crippen LogP) is 7.76. The Labute approximate surface area is 193 Å². The van der Waals surface area contributed by atoms with Crippen LogP contribution in [0.1, 0.15) is 27.8 Å². The average molecular weight is 423 g/mol. The molecule has 0 spiro atoms. The largest absolute Gasteiger partial charge is 0.472 e. The van der Waals surface area contributed by atoms with Gasteiger partial charge < -0.3 is 4.74 Å². The van der Waals surface area contributed by atoms with Gasteiger partial charge in [0.1, 0.15) is 5.75 Å². The van der Waals surface area contributed by atoms with Crippen LogP contribution in [-0.4, -0.2) is 0 Å². The molecule has 0 bridgehead atoms. The smallest absolute Gasteiger partial charge is 0.178 e. The molecule has 0 saturated carbocycles. The van der Waals surface area contributed by atoms with Crippen molar-refractivity contribution in [2.75, 3.05) is 0 Å². The third-order valence-electron chi connectivity index (χ3n) is 7.08. The highest BCUT2D eigenvalue weighted by atomic mass is 16.5. The summed E-state index contributed by atoms with van der Waals surface area (Å²) in [6.07, 6.45) is 5.42. The van der Waals surface area contributed by atoms with Crippen molar-refractivity contribution in [1.29, 1.82) is 0 Å². The summed E-state index contributed by atoms with van der Waals surface area (Å²) in [6.45, 7) is 0. The maximum atomic E-state index is 7.07. The molecule has 5 aromatic carbocycles. The lowest BCUT2D eigenvalue weighted by Crippen LogP contribution is -2.34.